The first-order chi connectivity index (χ1) is 8.06. The van der Waals surface area contributed by atoms with E-state index in [0.717, 1.165) is 6.26 Å². The number of nitrogens with two attached hydrogens (primary N) is 1. The summed E-state index contributed by atoms with van der Waals surface area (Å²) >= 11 is 0. The zero-order valence-corrected chi connectivity index (χ0v) is 12.5. The molecule has 0 aromatic carbocycles. The van der Waals surface area contributed by atoms with Gasteiger partial charge in [-0.25, -0.2) is 13.1 Å². The van der Waals surface area contributed by atoms with E-state index in [1.807, 2.05) is 6.92 Å². The topological polar surface area (TPSA) is 106 Å². The second kappa shape index (κ2) is 6.91. The monoisotopic (exact) mass is 280 g/mol. The summed E-state index contributed by atoms with van der Waals surface area (Å²) in [5.74, 6) is 0.267. The van der Waals surface area contributed by atoms with Gasteiger partial charge in [0.25, 0.3) is 0 Å². The lowest BCUT2D eigenvalue weighted by Gasteiger charge is -2.23. The number of sulfonamides is 1. The summed E-state index contributed by atoms with van der Waals surface area (Å²) in [4.78, 5) is 4.10. The van der Waals surface area contributed by atoms with E-state index in [4.69, 9.17) is 10.5 Å². The van der Waals surface area contributed by atoms with Crippen molar-refractivity contribution in [1.82, 2.24) is 10.0 Å². The molecule has 0 rings (SSSR count). The minimum atomic E-state index is -3.26. The number of guanidine groups is 1. The highest BCUT2D eigenvalue weighted by Gasteiger charge is 2.21. The number of rotatable bonds is 7. The second-order valence-corrected chi connectivity index (χ2v) is 6.71. The van der Waals surface area contributed by atoms with Crippen LogP contribution < -0.4 is 15.8 Å². The lowest BCUT2D eigenvalue weighted by molar-refractivity contribution is 0.179. The molecule has 0 aromatic heterocycles. The van der Waals surface area contributed by atoms with Gasteiger partial charge < -0.3 is 15.8 Å². The molecule has 0 saturated heterocycles. The smallest absolute Gasteiger partial charge is 0.209 e. The van der Waals surface area contributed by atoms with Crippen LogP contribution in [0.5, 0.6) is 0 Å². The van der Waals surface area contributed by atoms with E-state index >= 15 is 0 Å². The van der Waals surface area contributed by atoms with E-state index in [1.54, 1.807) is 21.0 Å². The number of hydrogen-bond donors (Lipinski definition) is 3. The van der Waals surface area contributed by atoms with E-state index in [0.29, 0.717) is 6.61 Å². The molecule has 8 heteroatoms. The van der Waals surface area contributed by atoms with Gasteiger partial charge >= 0.3 is 0 Å². The summed E-state index contributed by atoms with van der Waals surface area (Å²) in [5.41, 5.74) is 5.01. The molecule has 108 valence electrons. The van der Waals surface area contributed by atoms with E-state index in [9.17, 15) is 8.42 Å². The van der Waals surface area contributed by atoms with E-state index in [-0.39, 0.29) is 18.5 Å². The highest BCUT2D eigenvalue weighted by atomic mass is 32.2. The van der Waals surface area contributed by atoms with Crippen LogP contribution in [0.25, 0.3) is 0 Å². The number of methoxy groups -OCH3 is 1. The maximum atomic E-state index is 11.1. The SMILES string of the molecule is COCC(C)NC(N)=NCC(C)(C)NS(C)(=O)=O. The minimum absolute atomic E-state index is 0.0460. The van der Waals surface area contributed by atoms with Crippen molar-refractivity contribution in [1.29, 1.82) is 0 Å². The normalized spacial score (nSPS) is 15.5. The predicted octanol–water partition coefficient (Wildman–Crippen LogP) is -0.747. The third kappa shape index (κ3) is 9.20. The molecule has 0 aliphatic rings. The fraction of sp³-hybridized carbons (Fsp3) is 0.900. The van der Waals surface area contributed by atoms with Crippen molar-refractivity contribution in [3.05, 3.63) is 0 Å². The fourth-order valence-electron chi connectivity index (χ4n) is 1.41. The van der Waals surface area contributed by atoms with Crippen molar-refractivity contribution >= 4 is 16.0 Å². The summed E-state index contributed by atoms with van der Waals surface area (Å²) in [7, 11) is -1.66. The molecule has 1 atom stereocenters. The van der Waals surface area contributed by atoms with Crippen molar-refractivity contribution in [3.63, 3.8) is 0 Å². The lowest BCUT2D eigenvalue weighted by Crippen LogP contribution is -2.47. The van der Waals surface area contributed by atoms with Crippen LogP contribution in [-0.4, -0.2) is 52.5 Å². The molecule has 0 radical (unpaired) electrons. The summed E-state index contributed by atoms with van der Waals surface area (Å²) in [5, 5.41) is 2.94. The van der Waals surface area contributed by atoms with Crippen LogP contribution in [0.1, 0.15) is 20.8 Å². The maximum Gasteiger partial charge on any atom is 0.209 e. The van der Waals surface area contributed by atoms with Crippen LogP contribution in [0.15, 0.2) is 4.99 Å². The van der Waals surface area contributed by atoms with Gasteiger partial charge in [-0.05, 0) is 20.8 Å². The van der Waals surface area contributed by atoms with Gasteiger partial charge in [-0.3, -0.25) is 4.99 Å². The van der Waals surface area contributed by atoms with Gasteiger partial charge in [-0.1, -0.05) is 0 Å². The molecule has 0 bridgehead atoms. The van der Waals surface area contributed by atoms with Crippen LogP contribution in [0.2, 0.25) is 0 Å². The Morgan fingerprint density at radius 3 is 2.50 bits per heavy atom. The molecule has 0 saturated carbocycles. The molecule has 4 N–H and O–H groups in total. The Hall–Kier alpha value is -0.860. The largest absolute Gasteiger partial charge is 0.383 e. The summed E-state index contributed by atoms with van der Waals surface area (Å²) < 4.78 is 29.7. The van der Waals surface area contributed by atoms with Gasteiger partial charge in [0.1, 0.15) is 0 Å². The Balaban J connectivity index is 4.35. The average molecular weight is 280 g/mol. The van der Waals surface area contributed by atoms with Gasteiger partial charge in [0.2, 0.25) is 10.0 Å². The molecule has 0 aromatic rings. The van der Waals surface area contributed by atoms with Crippen LogP contribution >= 0.6 is 0 Å². The number of hydrogen-bond acceptors (Lipinski definition) is 4. The third-order valence-electron chi connectivity index (χ3n) is 1.92. The third-order valence-corrected chi connectivity index (χ3v) is 2.84. The molecule has 0 amide bonds. The lowest BCUT2D eigenvalue weighted by atomic mass is 10.1. The Bertz CT molecular complexity index is 379. The van der Waals surface area contributed by atoms with Crippen molar-refractivity contribution < 1.29 is 13.2 Å². The molecular weight excluding hydrogens is 256 g/mol. The van der Waals surface area contributed by atoms with E-state index < -0.39 is 15.6 Å². The quantitative estimate of drug-likeness (QED) is 0.420. The molecule has 7 nitrogen and oxygen atoms in total. The molecule has 0 heterocycles. The average Bonchev–Trinajstić information content (AvgIpc) is 2.11. The highest BCUT2D eigenvalue weighted by Crippen LogP contribution is 2.04. The molecular formula is C10H24N4O3S. The second-order valence-electron chi connectivity index (χ2n) is 4.96. The summed E-state index contributed by atoms with van der Waals surface area (Å²) in [6.45, 7) is 6.15. The van der Waals surface area contributed by atoms with E-state index in [1.165, 1.54) is 0 Å². The van der Waals surface area contributed by atoms with Gasteiger partial charge in [0.15, 0.2) is 5.96 Å². The first kappa shape index (κ1) is 17.1. The van der Waals surface area contributed by atoms with Gasteiger partial charge in [0, 0.05) is 18.7 Å². The molecule has 0 aliphatic heterocycles. The molecule has 1 unspecified atom stereocenters. The van der Waals surface area contributed by atoms with Crippen molar-refractivity contribution in [3.8, 4) is 0 Å². The van der Waals surface area contributed by atoms with Crippen LogP contribution in [0.4, 0.5) is 0 Å². The summed E-state index contributed by atoms with van der Waals surface area (Å²) in [6, 6.07) is 0.0460. The van der Waals surface area contributed by atoms with Crippen molar-refractivity contribution in [2.45, 2.75) is 32.4 Å². The zero-order valence-electron chi connectivity index (χ0n) is 11.6. The Morgan fingerprint density at radius 1 is 1.50 bits per heavy atom. The number of aliphatic imine (C=N–C) groups is 1. The number of nitrogens with zero attached hydrogens (tertiary/aromatic N) is 1. The Kier molecular flexibility index (Phi) is 6.58. The zero-order chi connectivity index (χ0) is 14.4. The van der Waals surface area contributed by atoms with Crippen LogP contribution in [0.3, 0.4) is 0 Å². The van der Waals surface area contributed by atoms with Gasteiger partial charge in [-0.2, -0.15) is 0 Å². The molecule has 0 spiro atoms. The first-order valence-corrected chi connectivity index (χ1v) is 7.49. The Labute approximate surface area is 109 Å². The molecule has 18 heavy (non-hydrogen) atoms. The van der Waals surface area contributed by atoms with E-state index in [2.05, 4.69) is 15.0 Å². The highest BCUT2D eigenvalue weighted by molar-refractivity contribution is 7.88. The van der Waals surface area contributed by atoms with Crippen LogP contribution in [-0.2, 0) is 14.8 Å². The van der Waals surface area contributed by atoms with Crippen LogP contribution in [0, 0.1) is 0 Å². The standard InChI is InChI=1S/C10H24N4O3S/c1-8(6-17-4)13-9(11)12-7-10(2,3)14-18(5,15)16/h8,14H,6-7H2,1-5H3,(H3,11,12,13). The first-order valence-electron chi connectivity index (χ1n) is 5.60. The van der Waals surface area contributed by atoms with Crippen molar-refractivity contribution in [2.24, 2.45) is 10.7 Å². The molecule has 0 fully saturated rings. The predicted molar refractivity (Wildman–Crippen MR) is 73.0 cm³/mol. The van der Waals surface area contributed by atoms with Gasteiger partial charge in [0.05, 0.1) is 19.4 Å². The number of nitrogens with one attached hydrogen (secondary N) is 2. The minimum Gasteiger partial charge on any atom is -0.383 e. The maximum absolute atomic E-state index is 11.1. The van der Waals surface area contributed by atoms with Gasteiger partial charge in [-0.15, -0.1) is 0 Å². The number of ether oxygens (including phenoxy) is 1. The van der Waals surface area contributed by atoms with Crippen molar-refractivity contribution in [2.75, 3.05) is 26.5 Å². The molecule has 0 aliphatic carbocycles. The summed E-state index contributed by atoms with van der Waals surface area (Å²) in [6.07, 6.45) is 1.11. The Morgan fingerprint density at radius 2 is 2.06 bits per heavy atom. The fourth-order valence-corrected chi connectivity index (χ4v) is 2.48.